The van der Waals surface area contributed by atoms with Crippen LogP contribution in [0.1, 0.15) is 27.2 Å². The van der Waals surface area contributed by atoms with Gasteiger partial charge in [-0.05, 0) is 13.3 Å². The lowest BCUT2D eigenvalue weighted by Gasteiger charge is -2.19. The number of amides is 1. The van der Waals surface area contributed by atoms with Gasteiger partial charge in [0, 0.05) is 19.2 Å². The van der Waals surface area contributed by atoms with E-state index < -0.39 is 0 Å². The fourth-order valence-corrected chi connectivity index (χ4v) is 0.860. The number of allylic oxidation sites excluding steroid dienone is 1. The van der Waals surface area contributed by atoms with Crippen molar-refractivity contribution in [2.75, 3.05) is 6.54 Å². The summed E-state index contributed by atoms with van der Waals surface area (Å²) in [5.74, 6) is 0.0781. The van der Waals surface area contributed by atoms with Crippen LogP contribution in [0.15, 0.2) is 12.3 Å². The van der Waals surface area contributed by atoms with Crippen LogP contribution in [0.3, 0.4) is 0 Å². The number of hydrogen-bond donors (Lipinski definition) is 0. The summed E-state index contributed by atoms with van der Waals surface area (Å²) in [6, 6.07) is 0. The fraction of sp³-hybridized carbons (Fsp3) is 0.625. The van der Waals surface area contributed by atoms with Gasteiger partial charge in [-0.1, -0.05) is 13.5 Å². The molecule has 0 saturated heterocycles. The molecule has 0 aromatic heterocycles. The molecule has 0 spiro atoms. The highest BCUT2D eigenvalue weighted by molar-refractivity contribution is 5.75. The van der Waals surface area contributed by atoms with E-state index in [2.05, 4.69) is 6.58 Å². The third kappa shape index (κ3) is 2.21. The van der Waals surface area contributed by atoms with Crippen LogP contribution >= 0.6 is 0 Å². The van der Waals surface area contributed by atoms with E-state index in [0.29, 0.717) is 0 Å². The minimum absolute atomic E-state index is 0.0781. The van der Waals surface area contributed by atoms with Gasteiger partial charge in [0.15, 0.2) is 0 Å². The second-order valence-electron chi connectivity index (χ2n) is 2.18. The Hall–Kier alpha value is -0.790. The van der Waals surface area contributed by atoms with E-state index in [-0.39, 0.29) is 5.91 Å². The first kappa shape index (κ1) is 9.21. The zero-order valence-electron chi connectivity index (χ0n) is 6.98. The van der Waals surface area contributed by atoms with Gasteiger partial charge in [0.2, 0.25) is 5.91 Å². The summed E-state index contributed by atoms with van der Waals surface area (Å²) in [7, 11) is 0. The maximum absolute atomic E-state index is 10.8. The van der Waals surface area contributed by atoms with Crippen molar-refractivity contribution in [1.82, 2.24) is 4.90 Å². The molecular formula is C8H15NO. The van der Waals surface area contributed by atoms with Crippen LogP contribution in [0.5, 0.6) is 0 Å². The lowest BCUT2D eigenvalue weighted by Crippen LogP contribution is -2.26. The molecule has 58 valence electrons. The Morgan fingerprint density at radius 2 is 2.00 bits per heavy atom. The average molecular weight is 141 g/mol. The minimum Gasteiger partial charge on any atom is -0.317 e. The first-order valence-electron chi connectivity index (χ1n) is 3.59. The molecule has 0 aromatic carbocycles. The second kappa shape index (κ2) is 4.09. The molecule has 0 rings (SSSR count). The summed E-state index contributed by atoms with van der Waals surface area (Å²) in [5, 5.41) is 0. The lowest BCUT2D eigenvalue weighted by molar-refractivity contribution is -0.126. The van der Waals surface area contributed by atoms with Gasteiger partial charge in [-0.25, -0.2) is 0 Å². The van der Waals surface area contributed by atoms with Crippen molar-refractivity contribution in [3.05, 3.63) is 12.3 Å². The van der Waals surface area contributed by atoms with E-state index in [4.69, 9.17) is 0 Å². The highest BCUT2D eigenvalue weighted by Crippen LogP contribution is 2.04. The SMILES string of the molecule is C=C(CC)N(CC)C(C)=O. The molecule has 0 fully saturated rings. The molecule has 0 aromatic rings. The molecule has 2 heteroatoms. The molecule has 0 unspecified atom stereocenters. The van der Waals surface area contributed by atoms with E-state index in [1.807, 2.05) is 13.8 Å². The Morgan fingerprint density at radius 1 is 1.50 bits per heavy atom. The molecule has 0 aliphatic carbocycles. The van der Waals surface area contributed by atoms with Gasteiger partial charge in [-0.2, -0.15) is 0 Å². The van der Waals surface area contributed by atoms with Gasteiger partial charge in [-0.3, -0.25) is 4.79 Å². The lowest BCUT2D eigenvalue weighted by atomic mass is 10.3. The van der Waals surface area contributed by atoms with Crippen LogP contribution in [-0.4, -0.2) is 17.4 Å². The zero-order chi connectivity index (χ0) is 8.15. The molecule has 0 atom stereocenters. The number of nitrogens with zero attached hydrogens (tertiary/aromatic N) is 1. The number of hydrogen-bond acceptors (Lipinski definition) is 1. The molecule has 0 aliphatic heterocycles. The van der Waals surface area contributed by atoms with Crippen molar-refractivity contribution >= 4 is 5.91 Å². The highest BCUT2D eigenvalue weighted by atomic mass is 16.2. The maximum Gasteiger partial charge on any atom is 0.223 e. The average Bonchev–Trinajstić information content (AvgIpc) is 1.88. The molecule has 0 N–H and O–H groups in total. The number of rotatable bonds is 3. The Labute approximate surface area is 62.5 Å². The quantitative estimate of drug-likeness (QED) is 0.586. The first-order valence-corrected chi connectivity index (χ1v) is 3.59. The summed E-state index contributed by atoms with van der Waals surface area (Å²) < 4.78 is 0. The van der Waals surface area contributed by atoms with Crippen LogP contribution in [0.25, 0.3) is 0 Å². The third-order valence-corrected chi connectivity index (χ3v) is 1.49. The summed E-state index contributed by atoms with van der Waals surface area (Å²) in [6.07, 6.45) is 0.841. The molecule has 1 amide bonds. The summed E-state index contributed by atoms with van der Waals surface area (Å²) in [6.45, 7) is 10.00. The van der Waals surface area contributed by atoms with Gasteiger partial charge in [0.25, 0.3) is 0 Å². The first-order chi connectivity index (χ1) is 4.63. The zero-order valence-corrected chi connectivity index (χ0v) is 6.98. The van der Waals surface area contributed by atoms with Crippen LogP contribution < -0.4 is 0 Å². The standard InChI is InChI=1S/C8H15NO/c1-5-7(3)9(6-2)8(4)10/h3,5-6H2,1-2,4H3. The predicted octanol–water partition coefficient (Wildman–Crippen LogP) is 1.78. The summed E-state index contributed by atoms with van der Waals surface area (Å²) in [4.78, 5) is 12.5. The van der Waals surface area contributed by atoms with Gasteiger partial charge < -0.3 is 4.90 Å². The van der Waals surface area contributed by atoms with Crippen molar-refractivity contribution in [3.8, 4) is 0 Å². The van der Waals surface area contributed by atoms with E-state index >= 15 is 0 Å². The van der Waals surface area contributed by atoms with Crippen molar-refractivity contribution in [3.63, 3.8) is 0 Å². The van der Waals surface area contributed by atoms with Crippen LogP contribution in [0.4, 0.5) is 0 Å². The van der Waals surface area contributed by atoms with Gasteiger partial charge in [0.1, 0.15) is 0 Å². The largest absolute Gasteiger partial charge is 0.317 e. The van der Waals surface area contributed by atoms with Gasteiger partial charge >= 0.3 is 0 Å². The molecule has 2 nitrogen and oxygen atoms in total. The highest BCUT2D eigenvalue weighted by Gasteiger charge is 2.06. The molecule has 0 radical (unpaired) electrons. The van der Waals surface area contributed by atoms with Gasteiger partial charge in [-0.15, -0.1) is 0 Å². The molecule has 10 heavy (non-hydrogen) atoms. The van der Waals surface area contributed by atoms with Gasteiger partial charge in [0.05, 0.1) is 0 Å². The summed E-state index contributed by atoms with van der Waals surface area (Å²) in [5.41, 5.74) is 0.898. The Morgan fingerprint density at radius 3 is 2.10 bits per heavy atom. The molecular weight excluding hydrogens is 126 g/mol. The van der Waals surface area contributed by atoms with Crippen LogP contribution in [-0.2, 0) is 4.79 Å². The van der Waals surface area contributed by atoms with E-state index in [1.54, 1.807) is 11.8 Å². The van der Waals surface area contributed by atoms with Crippen LogP contribution in [0.2, 0.25) is 0 Å². The van der Waals surface area contributed by atoms with Crippen molar-refractivity contribution < 1.29 is 4.79 Å². The van der Waals surface area contributed by atoms with E-state index in [0.717, 1.165) is 18.7 Å². The topological polar surface area (TPSA) is 20.3 Å². The molecule has 0 aliphatic rings. The Balaban J connectivity index is 4.06. The summed E-state index contributed by atoms with van der Waals surface area (Å²) >= 11 is 0. The molecule has 0 heterocycles. The Kier molecular flexibility index (Phi) is 3.77. The van der Waals surface area contributed by atoms with Crippen molar-refractivity contribution in [2.45, 2.75) is 27.2 Å². The van der Waals surface area contributed by atoms with Crippen molar-refractivity contribution in [1.29, 1.82) is 0 Å². The molecule has 0 bridgehead atoms. The van der Waals surface area contributed by atoms with E-state index in [9.17, 15) is 4.79 Å². The van der Waals surface area contributed by atoms with E-state index in [1.165, 1.54) is 0 Å². The normalized spacial score (nSPS) is 9.10. The minimum atomic E-state index is 0.0781. The Bertz CT molecular complexity index is 140. The number of carbonyl (C=O) groups is 1. The molecule has 0 saturated carbocycles. The maximum atomic E-state index is 10.8. The fourth-order valence-electron chi connectivity index (χ4n) is 0.860. The van der Waals surface area contributed by atoms with Crippen molar-refractivity contribution in [2.24, 2.45) is 0 Å². The number of carbonyl (C=O) groups excluding carboxylic acids is 1. The monoisotopic (exact) mass is 141 g/mol. The smallest absolute Gasteiger partial charge is 0.223 e. The second-order valence-corrected chi connectivity index (χ2v) is 2.18. The van der Waals surface area contributed by atoms with Crippen LogP contribution in [0, 0.1) is 0 Å². The third-order valence-electron chi connectivity index (χ3n) is 1.49. The predicted molar refractivity (Wildman–Crippen MR) is 42.5 cm³/mol.